The van der Waals surface area contributed by atoms with Crippen LogP contribution in [0.3, 0.4) is 0 Å². The molecule has 48 valence electrons. The Labute approximate surface area is 48.8 Å². The van der Waals surface area contributed by atoms with E-state index in [4.69, 9.17) is 5.41 Å². The summed E-state index contributed by atoms with van der Waals surface area (Å²) in [7, 11) is 0. The van der Waals surface area contributed by atoms with Gasteiger partial charge in [0.2, 0.25) is 0 Å². The Morgan fingerprint density at radius 1 is 1.88 bits per heavy atom. The molecule has 8 heavy (non-hydrogen) atoms. The van der Waals surface area contributed by atoms with Gasteiger partial charge in [0.15, 0.2) is 0 Å². The summed E-state index contributed by atoms with van der Waals surface area (Å²) in [5.41, 5.74) is 0. The SMILES string of the molecule is CC=[NH2+].CCC(=O)[O-]. The molecular weight excluding hydrogens is 106 g/mol. The molecule has 0 aliphatic rings. The third-order valence-corrected chi connectivity index (χ3v) is 0.289. The van der Waals surface area contributed by atoms with E-state index in [0.717, 1.165) is 0 Å². The largest absolute Gasteiger partial charge is 0.550 e. The summed E-state index contributed by atoms with van der Waals surface area (Å²) < 4.78 is 0. The van der Waals surface area contributed by atoms with Gasteiger partial charge in [0.25, 0.3) is 0 Å². The Morgan fingerprint density at radius 3 is 2.00 bits per heavy atom. The summed E-state index contributed by atoms with van der Waals surface area (Å²) in [5, 5.41) is 14.0. The Morgan fingerprint density at radius 2 is 2.00 bits per heavy atom. The standard InChI is InChI=1S/C3H6O2.C2H5N/c1-2-3(4)5;1-2-3/h2H2,1H3,(H,4,5);2-3H,1H3. The maximum absolute atomic E-state index is 9.26. The number of carboxylic acids is 1. The minimum Gasteiger partial charge on any atom is -0.550 e. The molecule has 0 aromatic carbocycles. The van der Waals surface area contributed by atoms with Crippen molar-refractivity contribution < 1.29 is 15.3 Å². The van der Waals surface area contributed by atoms with Crippen LogP contribution in [-0.2, 0) is 4.79 Å². The van der Waals surface area contributed by atoms with E-state index in [2.05, 4.69) is 0 Å². The van der Waals surface area contributed by atoms with Gasteiger partial charge in [0.1, 0.15) is 6.21 Å². The molecule has 0 unspecified atom stereocenters. The van der Waals surface area contributed by atoms with E-state index >= 15 is 0 Å². The molecule has 0 aliphatic heterocycles. The molecule has 0 saturated carbocycles. The summed E-state index contributed by atoms with van der Waals surface area (Å²) in [5.74, 6) is -0.995. The summed E-state index contributed by atoms with van der Waals surface area (Å²) >= 11 is 0. The lowest BCUT2D eigenvalue weighted by Crippen LogP contribution is -2.27. The molecule has 0 radical (unpaired) electrons. The number of aliphatic carboxylic acids is 1. The molecule has 0 rings (SSSR count). The van der Waals surface area contributed by atoms with Crippen LogP contribution in [0.2, 0.25) is 0 Å². The van der Waals surface area contributed by atoms with Gasteiger partial charge in [-0.05, 0) is 6.42 Å². The lowest BCUT2D eigenvalue weighted by molar-refractivity contribution is -0.305. The molecule has 0 atom stereocenters. The van der Waals surface area contributed by atoms with Crippen molar-refractivity contribution in [1.82, 2.24) is 0 Å². The van der Waals surface area contributed by atoms with Crippen LogP contribution in [0.1, 0.15) is 20.3 Å². The Balaban J connectivity index is 0. The highest BCUT2D eigenvalue weighted by molar-refractivity contribution is 5.63. The second-order valence-electron chi connectivity index (χ2n) is 1.06. The van der Waals surface area contributed by atoms with Gasteiger partial charge >= 0.3 is 0 Å². The quantitative estimate of drug-likeness (QED) is 0.403. The predicted octanol–water partition coefficient (Wildman–Crippen LogP) is -2.02. The van der Waals surface area contributed by atoms with Crippen molar-refractivity contribution in [2.75, 3.05) is 0 Å². The van der Waals surface area contributed by atoms with Gasteiger partial charge in [-0.3, -0.25) is 5.41 Å². The fourth-order valence-corrected chi connectivity index (χ4v) is 0. The molecule has 0 aliphatic carbocycles. The molecule has 3 nitrogen and oxygen atoms in total. The van der Waals surface area contributed by atoms with E-state index in [0.29, 0.717) is 0 Å². The molecule has 0 heterocycles. The highest BCUT2D eigenvalue weighted by atomic mass is 16.4. The second-order valence-corrected chi connectivity index (χ2v) is 1.06. The van der Waals surface area contributed by atoms with Gasteiger partial charge < -0.3 is 9.90 Å². The maximum atomic E-state index is 9.26. The van der Waals surface area contributed by atoms with Crippen molar-refractivity contribution in [3.63, 3.8) is 0 Å². The summed E-state index contributed by atoms with van der Waals surface area (Å²) in [4.78, 5) is 9.26. The molecule has 0 spiro atoms. The molecular formula is C5H11NO2. The lowest BCUT2D eigenvalue weighted by Gasteiger charge is -1.87. The first-order valence-corrected chi connectivity index (χ1v) is 2.38. The highest BCUT2D eigenvalue weighted by Crippen LogP contribution is 1.61. The van der Waals surface area contributed by atoms with Crippen LogP contribution >= 0.6 is 0 Å². The highest BCUT2D eigenvalue weighted by Gasteiger charge is 1.65. The Hall–Kier alpha value is -0.860. The first-order chi connectivity index (χ1) is 3.68. The molecule has 0 amide bonds. The van der Waals surface area contributed by atoms with Crippen LogP contribution in [0.4, 0.5) is 0 Å². The van der Waals surface area contributed by atoms with Gasteiger partial charge in [-0.25, -0.2) is 0 Å². The fraction of sp³-hybridized carbons (Fsp3) is 0.600. The third-order valence-electron chi connectivity index (χ3n) is 0.289. The van der Waals surface area contributed by atoms with Crippen LogP contribution < -0.4 is 10.5 Å². The zero-order valence-electron chi connectivity index (χ0n) is 5.18. The van der Waals surface area contributed by atoms with Crippen molar-refractivity contribution in [1.29, 1.82) is 0 Å². The minimum atomic E-state index is -0.995. The normalized spacial score (nSPS) is 6.25. The van der Waals surface area contributed by atoms with Crippen molar-refractivity contribution in [2.45, 2.75) is 20.3 Å². The van der Waals surface area contributed by atoms with Gasteiger partial charge in [0, 0.05) is 12.9 Å². The van der Waals surface area contributed by atoms with Crippen molar-refractivity contribution in [3.05, 3.63) is 0 Å². The van der Waals surface area contributed by atoms with Gasteiger partial charge in [-0.1, -0.05) is 6.92 Å². The minimum absolute atomic E-state index is 0.111. The molecule has 0 saturated heterocycles. The lowest BCUT2D eigenvalue weighted by atomic mass is 10.5. The number of nitrogens with two attached hydrogens (primary N) is 1. The number of carboxylic acid groups (broad SMARTS) is 1. The van der Waals surface area contributed by atoms with Crippen LogP contribution in [0.25, 0.3) is 0 Å². The molecule has 3 heteroatoms. The first kappa shape index (κ1) is 10.2. The number of hydrogen-bond acceptors (Lipinski definition) is 2. The zero-order chi connectivity index (χ0) is 6.99. The molecule has 0 fully saturated rings. The summed E-state index contributed by atoms with van der Waals surface area (Å²) in [6.07, 6.45) is 1.61. The van der Waals surface area contributed by atoms with Gasteiger partial charge in [-0.15, -0.1) is 0 Å². The van der Waals surface area contributed by atoms with E-state index in [-0.39, 0.29) is 6.42 Å². The van der Waals surface area contributed by atoms with E-state index in [9.17, 15) is 9.90 Å². The molecule has 0 aromatic rings. The van der Waals surface area contributed by atoms with Crippen LogP contribution in [0.5, 0.6) is 0 Å². The van der Waals surface area contributed by atoms with Crippen molar-refractivity contribution in [3.8, 4) is 0 Å². The van der Waals surface area contributed by atoms with E-state index < -0.39 is 5.97 Å². The zero-order valence-corrected chi connectivity index (χ0v) is 5.18. The first-order valence-electron chi connectivity index (χ1n) is 2.38. The monoisotopic (exact) mass is 117 g/mol. The topological polar surface area (TPSA) is 65.7 Å². The van der Waals surface area contributed by atoms with Crippen LogP contribution in [-0.4, -0.2) is 12.2 Å². The average Bonchev–Trinajstić information content (AvgIpc) is 1.69. The number of carbonyl (C=O) groups is 1. The van der Waals surface area contributed by atoms with Gasteiger partial charge in [-0.2, -0.15) is 0 Å². The smallest absolute Gasteiger partial charge is 0.133 e. The summed E-state index contributed by atoms with van der Waals surface area (Å²) in [6.45, 7) is 3.31. The average molecular weight is 117 g/mol. The van der Waals surface area contributed by atoms with Crippen LogP contribution in [0.15, 0.2) is 0 Å². The molecule has 2 N–H and O–H groups in total. The second kappa shape index (κ2) is 9.46. The van der Waals surface area contributed by atoms with Crippen molar-refractivity contribution >= 4 is 12.2 Å². The van der Waals surface area contributed by atoms with Crippen molar-refractivity contribution in [2.24, 2.45) is 0 Å². The maximum Gasteiger partial charge on any atom is 0.133 e. The third kappa shape index (κ3) is 67.8. The van der Waals surface area contributed by atoms with Crippen LogP contribution in [0, 0.1) is 0 Å². The Kier molecular flexibility index (Phi) is 12.1. The summed E-state index contributed by atoms with van der Waals surface area (Å²) in [6, 6.07) is 0. The van der Waals surface area contributed by atoms with E-state index in [1.54, 1.807) is 6.92 Å². The van der Waals surface area contributed by atoms with E-state index in [1.165, 1.54) is 13.1 Å². The number of carbonyl (C=O) groups excluding carboxylic acids is 1. The van der Waals surface area contributed by atoms with E-state index in [1.807, 2.05) is 0 Å². The van der Waals surface area contributed by atoms with Gasteiger partial charge in [0.05, 0.1) is 0 Å². The molecule has 0 bridgehead atoms. The fourth-order valence-electron chi connectivity index (χ4n) is 0. The number of rotatable bonds is 1. The number of hydrogen-bond donors (Lipinski definition) is 1. The molecule has 0 aromatic heterocycles. The predicted molar refractivity (Wildman–Crippen MR) is 29.0 cm³/mol. The Bertz CT molecular complexity index is 70.8.